The van der Waals surface area contributed by atoms with Gasteiger partial charge < -0.3 is 13.4 Å². The van der Waals surface area contributed by atoms with Gasteiger partial charge >= 0.3 is 0 Å². The third-order valence-electron chi connectivity index (χ3n) is 12.9. The van der Waals surface area contributed by atoms with Crippen LogP contribution in [0, 0.1) is 0 Å². The zero-order valence-corrected chi connectivity index (χ0v) is 34.9. The Bertz CT molecular complexity index is 3760. The number of hydrogen-bond acceptors (Lipinski definition) is 5. The van der Waals surface area contributed by atoms with Gasteiger partial charge in [-0.15, -0.1) is 0 Å². The highest BCUT2D eigenvalue weighted by atomic mass is 16.3. The van der Waals surface area contributed by atoms with Crippen molar-refractivity contribution in [3.8, 4) is 51.0 Å². The molecule has 0 radical (unpaired) electrons. The van der Waals surface area contributed by atoms with E-state index < -0.39 is 0 Å². The maximum absolute atomic E-state index is 7.10. The fraction of sp³-hybridized carbons (Fsp3) is 0.0517. The van der Waals surface area contributed by atoms with Gasteiger partial charge in [0.15, 0.2) is 23.1 Å². The zero-order chi connectivity index (χ0) is 42.3. The Morgan fingerprint density at radius 2 is 0.984 bits per heavy atom. The fourth-order valence-corrected chi connectivity index (χ4v) is 9.97. The first-order valence-corrected chi connectivity index (χ1v) is 21.8. The molecule has 12 aromatic rings. The van der Waals surface area contributed by atoms with Crippen LogP contribution in [0.2, 0.25) is 0 Å². The van der Waals surface area contributed by atoms with E-state index in [0.717, 1.165) is 89.3 Å². The largest absolute Gasteiger partial charge is 0.455 e. The fourth-order valence-electron chi connectivity index (χ4n) is 9.97. The number of hydrogen-bond donors (Lipinski definition) is 0. The summed E-state index contributed by atoms with van der Waals surface area (Å²) in [5.74, 6) is 2.01. The molecular formula is C58H38N4O2. The van der Waals surface area contributed by atoms with Crippen molar-refractivity contribution in [1.82, 2.24) is 19.5 Å². The van der Waals surface area contributed by atoms with E-state index in [-0.39, 0.29) is 5.92 Å². The lowest BCUT2D eigenvalue weighted by Crippen LogP contribution is -2.09. The molecule has 0 amide bonds. The molecule has 13 rings (SSSR count). The quantitative estimate of drug-likeness (QED) is 0.167. The van der Waals surface area contributed by atoms with Crippen molar-refractivity contribution < 1.29 is 8.83 Å². The monoisotopic (exact) mass is 822 g/mol. The molecule has 0 spiro atoms. The van der Waals surface area contributed by atoms with Crippen LogP contribution in [0.4, 0.5) is 0 Å². The molecule has 6 heteroatoms. The van der Waals surface area contributed by atoms with Crippen molar-refractivity contribution in [2.45, 2.75) is 19.3 Å². The van der Waals surface area contributed by atoms with Crippen molar-refractivity contribution in [1.29, 1.82) is 0 Å². The SMILES string of the molecule is CC1CC(c2ccc(-c3cccc4c3oc3ccccc34)cc2)=Cc2c1n(-c1cccc3c1oc1c(-c4nc(-c5ccccc5)nc(-c5ccccc5)n4)cccc13)c1ccccc21. The Labute approximate surface area is 368 Å². The Kier molecular flexibility index (Phi) is 8.15. The van der Waals surface area contributed by atoms with Gasteiger partial charge in [0, 0.05) is 60.8 Å². The Morgan fingerprint density at radius 1 is 0.438 bits per heavy atom. The second-order valence-corrected chi connectivity index (χ2v) is 16.8. The lowest BCUT2D eigenvalue weighted by molar-refractivity contribution is 0.662. The van der Waals surface area contributed by atoms with Crippen LogP contribution in [0.3, 0.4) is 0 Å². The molecule has 0 fully saturated rings. The molecule has 1 atom stereocenters. The van der Waals surface area contributed by atoms with E-state index in [1.54, 1.807) is 0 Å². The Hall–Kier alpha value is -8.35. The predicted octanol–water partition coefficient (Wildman–Crippen LogP) is 15.3. The molecule has 4 heterocycles. The first-order valence-electron chi connectivity index (χ1n) is 21.8. The summed E-state index contributed by atoms with van der Waals surface area (Å²) in [6.45, 7) is 2.35. The van der Waals surface area contributed by atoms with Gasteiger partial charge in [-0.05, 0) is 53.5 Å². The summed E-state index contributed by atoms with van der Waals surface area (Å²) in [7, 11) is 0. The van der Waals surface area contributed by atoms with Crippen LogP contribution >= 0.6 is 0 Å². The number of aromatic nitrogens is 4. The third-order valence-corrected chi connectivity index (χ3v) is 12.9. The first-order chi connectivity index (χ1) is 31.6. The summed E-state index contributed by atoms with van der Waals surface area (Å²) in [6, 6.07) is 65.4. The van der Waals surface area contributed by atoms with Crippen molar-refractivity contribution >= 4 is 66.4 Å². The molecular weight excluding hydrogens is 785 g/mol. The average Bonchev–Trinajstić information content (AvgIpc) is 4.05. The van der Waals surface area contributed by atoms with E-state index in [4.69, 9.17) is 23.8 Å². The molecule has 0 bridgehead atoms. The zero-order valence-electron chi connectivity index (χ0n) is 34.9. The lowest BCUT2D eigenvalue weighted by atomic mass is 9.84. The second kappa shape index (κ2) is 14.4. The van der Waals surface area contributed by atoms with Crippen LogP contribution in [0.5, 0.6) is 0 Å². The minimum absolute atomic E-state index is 0.222. The molecule has 0 aliphatic heterocycles. The molecule has 1 aliphatic carbocycles. The molecule has 8 aromatic carbocycles. The molecule has 64 heavy (non-hydrogen) atoms. The smallest absolute Gasteiger partial charge is 0.167 e. The van der Waals surface area contributed by atoms with E-state index in [1.807, 2.05) is 72.8 Å². The van der Waals surface area contributed by atoms with Gasteiger partial charge in [-0.2, -0.15) is 0 Å². The van der Waals surface area contributed by atoms with E-state index >= 15 is 0 Å². The van der Waals surface area contributed by atoms with Crippen LogP contribution in [0.25, 0.3) is 117 Å². The standard InChI is InChI=1S/C58H38N4O2/c1-35-33-40(36-29-31-37(32-30-36)41-21-12-22-44-43-20-9-11-28-51(43)63-53(41)44)34-48-42-19-8-10-26-49(42)62(52(35)48)50-27-14-24-46-45-23-13-25-47(54(45)64-55(46)50)58-60-56(38-15-4-2-5-16-38)59-57(61-58)39-17-6-3-7-18-39/h2-32,34-35H,33H2,1H3. The highest BCUT2D eigenvalue weighted by Crippen LogP contribution is 2.47. The van der Waals surface area contributed by atoms with Gasteiger partial charge in [0.25, 0.3) is 0 Å². The summed E-state index contributed by atoms with van der Waals surface area (Å²) in [5, 5.41) is 5.55. The van der Waals surface area contributed by atoms with Crippen LogP contribution in [0.1, 0.15) is 36.1 Å². The van der Waals surface area contributed by atoms with Gasteiger partial charge in [-0.1, -0.05) is 171 Å². The number of rotatable bonds is 6. The van der Waals surface area contributed by atoms with Crippen LogP contribution in [0.15, 0.2) is 197 Å². The Balaban J connectivity index is 0.935. The number of allylic oxidation sites excluding steroid dienone is 1. The summed E-state index contributed by atoms with van der Waals surface area (Å²) < 4.78 is 15.9. The van der Waals surface area contributed by atoms with Crippen LogP contribution < -0.4 is 0 Å². The minimum atomic E-state index is 0.222. The van der Waals surface area contributed by atoms with E-state index in [0.29, 0.717) is 17.5 Å². The summed E-state index contributed by atoms with van der Waals surface area (Å²) in [4.78, 5) is 15.1. The van der Waals surface area contributed by atoms with Gasteiger partial charge in [0.2, 0.25) is 0 Å². The lowest BCUT2D eigenvalue weighted by Gasteiger charge is -2.24. The van der Waals surface area contributed by atoms with Crippen LogP contribution in [-0.4, -0.2) is 19.5 Å². The number of fused-ring (bicyclic) bond motifs is 9. The summed E-state index contributed by atoms with van der Waals surface area (Å²) in [5.41, 5.74) is 15.6. The number of furan rings is 2. The van der Waals surface area contributed by atoms with Gasteiger partial charge in [0.05, 0.1) is 16.8 Å². The van der Waals surface area contributed by atoms with Gasteiger partial charge in [-0.25, -0.2) is 15.0 Å². The summed E-state index contributed by atoms with van der Waals surface area (Å²) >= 11 is 0. The van der Waals surface area contributed by atoms with Gasteiger partial charge in [0.1, 0.15) is 16.7 Å². The third kappa shape index (κ3) is 5.69. The van der Waals surface area contributed by atoms with Crippen molar-refractivity contribution in [3.63, 3.8) is 0 Å². The highest BCUT2D eigenvalue weighted by molar-refractivity contribution is 6.12. The molecule has 1 aliphatic rings. The van der Waals surface area contributed by atoms with Gasteiger partial charge in [-0.3, -0.25) is 0 Å². The van der Waals surface area contributed by atoms with E-state index in [9.17, 15) is 0 Å². The predicted molar refractivity (Wildman–Crippen MR) is 260 cm³/mol. The van der Waals surface area contributed by atoms with E-state index in [1.165, 1.54) is 27.8 Å². The van der Waals surface area contributed by atoms with Crippen LogP contribution in [-0.2, 0) is 0 Å². The maximum atomic E-state index is 7.10. The van der Waals surface area contributed by atoms with Crippen molar-refractivity contribution in [3.05, 3.63) is 205 Å². The molecule has 0 N–H and O–H groups in total. The summed E-state index contributed by atoms with van der Waals surface area (Å²) in [6.07, 6.45) is 3.31. The number of para-hydroxylation sites is 5. The molecule has 0 saturated heterocycles. The van der Waals surface area contributed by atoms with Crippen molar-refractivity contribution in [2.24, 2.45) is 0 Å². The average molecular weight is 823 g/mol. The number of nitrogens with zero attached hydrogens (tertiary/aromatic N) is 4. The minimum Gasteiger partial charge on any atom is -0.455 e. The van der Waals surface area contributed by atoms with E-state index in [2.05, 4.69) is 133 Å². The normalized spacial score (nSPS) is 13.9. The first kappa shape index (κ1) is 36.3. The second-order valence-electron chi connectivity index (χ2n) is 16.8. The molecule has 1 unspecified atom stereocenters. The molecule has 6 nitrogen and oxygen atoms in total. The molecule has 302 valence electrons. The maximum Gasteiger partial charge on any atom is 0.167 e. The molecule has 4 aromatic heterocycles. The Morgan fingerprint density at radius 3 is 1.72 bits per heavy atom. The van der Waals surface area contributed by atoms with Crippen molar-refractivity contribution in [2.75, 3.05) is 0 Å². The topological polar surface area (TPSA) is 69.9 Å². The number of benzene rings is 8. The molecule has 0 saturated carbocycles. The highest BCUT2D eigenvalue weighted by Gasteiger charge is 2.29.